The molecule has 31 heavy (non-hydrogen) atoms. The Bertz CT molecular complexity index is 944. The number of nitrogens with two attached hydrogens (primary N) is 1. The first-order valence-corrected chi connectivity index (χ1v) is 10.7. The van der Waals surface area contributed by atoms with Gasteiger partial charge in [0, 0.05) is 25.7 Å². The van der Waals surface area contributed by atoms with Gasteiger partial charge in [0.05, 0.1) is 29.8 Å². The molecule has 3 saturated heterocycles. The molecule has 3 N–H and O–H groups in total. The molecule has 9 heteroatoms. The summed E-state index contributed by atoms with van der Waals surface area (Å²) in [5.74, 6) is -1.24. The fourth-order valence-electron chi connectivity index (χ4n) is 5.20. The van der Waals surface area contributed by atoms with Crippen LogP contribution in [-0.4, -0.2) is 81.4 Å². The molecule has 0 aliphatic carbocycles. The molecule has 4 rings (SSSR count). The predicted molar refractivity (Wildman–Crippen MR) is 111 cm³/mol. The number of nitrogens with zero attached hydrogens (tertiary/aromatic N) is 4. The van der Waals surface area contributed by atoms with E-state index in [1.807, 2.05) is 22.8 Å². The van der Waals surface area contributed by atoms with E-state index in [0.717, 1.165) is 12.0 Å². The zero-order valence-corrected chi connectivity index (χ0v) is 17.5. The average Bonchev–Trinajstić information content (AvgIpc) is 3.47. The number of piperazine rings is 1. The van der Waals surface area contributed by atoms with Crippen LogP contribution >= 0.6 is 0 Å². The molecule has 3 aliphatic heterocycles. The summed E-state index contributed by atoms with van der Waals surface area (Å²) in [5, 5.41) is 18.5. The van der Waals surface area contributed by atoms with Crippen molar-refractivity contribution in [1.82, 2.24) is 14.7 Å². The molecule has 9 nitrogen and oxygen atoms in total. The summed E-state index contributed by atoms with van der Waals surface area (Å²) >= 11 is 0. The van der Waals surface area contributed by atoms with Gasteiger partial charge in [-0.15, -0.1) is 0 Å². The van der Waals surface area contributed by atoms with E-state index >= 15 is 0 Å². The Labute approximate surface area is 181 Å². The first-order chi connectivity index (χ1) is 14.8. The van der Waals surface area contributed by atoms with E-state index in [9.17, 15) is 24.8 Å². The van der Waals surface area contributed by atoms with Crippen molar-refractivity contribution < 1.29 is 19.5 Å². The fraction of sp³-hybridized carbons (Fsp3) is 0.545. The fourth-order valence-corrected chi connectivity index (χ4v) is 5.20. The predicted octanol–water partition coefficient (Wildman–Crippen LogP) is 0.573. The van der Waals surface area contributed by atoms with Crippen molar-refractivity contribution in [2.75, 3.05) is 19.6 Å². The van der Waals surface area contributed by atoms with Crippen LogP contribution in [0.1, 0.15) is 48.1 Å². The van der Waals surface area contributed by atoms with Crippen molar-refractivity contribution in [3.05, 3.63) is 35.4 Å². The topological polar surface area (TPSA) is 131 Å². The number of carboxylic acid groups (broad SMARTS) is 1. The van der Waals surface area contributed by atoms with Gasteiger partial charge in [-0.3, -0.25) is 14.5 Å². The van der Waals surface area contributed by atoms with Gasteiger partial charge in [0.2, 0.25) is 11.8 Å². The van der Waals surface area contributed by atoms with Gasteiger partial charge in [0.1, 0.15) is 6.04 Å². The largest absolute Gasteiger partial charge is 0.478 e. The molecule has 0 saturated carbocycles. The number of likely N-dealkylation sites (tertiary alicyclic amines) is 3. The Hall–Kier alpha value is -2.96. The summed E-state index contributed by atoms with van der Waals surface area (Å²) in [7, 11) is 0. The van der Waals surface area contributed by atoms with Crippen LogP contribution in [0.4, 0.5) is 0 Å². The molecule has 3 fully saturated rings. The standard InChI is InChI=1S/C22H27N5O4/c1-13(14-4-2-5-15(8-14)22(30)31)27-17-9-19(21(27)29)25(11-17)12-18(24)20(28)26-7-3-6-16(26)10-23/h2,4-5,8,13,16-19H,3,6-7,9,11-12,24H2,1H3,(H,30,31)/t13-,16+,17?,18+,19+/m1/s1. The molecule has 1 aromatic carbocycles. The molecular weight excluding hydrogens is 398 g/mol. The number of hydrogen-bond acceptors (Lipinski definition) is 6. The summed E-state index contributed by atoms with van der Waals surface area (Å²) in [6.45, 7) is 3.38. The number of hydrogen-bond donors (Lipinski definition) is 2. The van der Waals surface area contributed by atoms with E-state index in [0.29, 0.717) is 25.9 Å². The van der Waals surface area contributed by atoms with Crippen molar-refractivity contribution in [1.29, 1.82) is 5.26 Å². The molecule has 5 atom stereocenters. The minimum Gasteiger partial charge on any atom is -0.478 e. The lowest BCUT2D eigenvalue weighted by atomic mass is 10.0. The van der Waals surface area contributed by atoms with Gasteiger partial charge < -0.3 is 20.6 Å². The van der Waals surface area contributed by atoms with Crippen LogP contribution < -0.4 is 5.73 Å². The number of fused-ring (bicyclic) bond motifs is 2. The van der Waals surface area contributed by atoms with Gasteiger partial charge >= 0.3 is 5.97 Å². The summed E-state index contributed by atoms with van der Waals surface area (Å²) in [4.78, 5) is 42.5. The van der Waals surface area contributed by atoms with Crippen molar-refractivity contribution in [3.63, 3.8) is 0 Å². The Kier molecular flexibility index (Phi) is 5.69. The van der Waals surface area contributed by atoms with Crippen molar-refractivity contribution >= 4 is 17.8 Å². The number of rotatable bonds is 6. The lowest BCUT2D eigenvalue weighted by Gasteiger charge is -2.38. The van der Waals surface area contributed by atoms with E-state index in [4.69, 9.17) is 5.73 Å². The van der Waals surface area contributed by atoms with Crippen LogP contribution in [0.15, 0.2) is 24.3 Å². The van der Waals surface area contributed by atoms with E-state index < -0.39 is 18.1 Å². The van der Waals surface area contributed by atoms with E-state index in [1.54, 1.807) is 17.0 Å². The first-order valence-electron chi connectivity index (χ1n) is 10.7. The lowest BCUT2D eigenvalue weighted by molar-refractivity contribution is -0.140. The van der Waals surface area contributed by atoms with E-state index in [1.165, 1.54) is 6.07 Å². The van der Waals surface area contributed by atoms with E-state index in [-0.39, 0.29) is 42.0 Å². The van der Waals surface area contributed by atoms with Gasteiger partial charge in [-0.05, 0) is 43.9 Å². The lowest BCUT2D eigenvalue weighted by Crippen LogP contribution is -2.56. The monoisotopic (exact) mass is 425 g/mol. The molecular formula is C22H27N5O4. The number of carbonyl (C=O) groups is 3. The van der Waals surface area contributed by atoms with Crippen LogP contribution in [0.25, 0.3) is 0 Å². The second-order valence-corrected chi connectivity index (χ2v) is 8.64. The second-order valence-electron chi connectivity index (χ2n) is 8.64. The van der Waals surface area contributed by atoms with Crippen LogP contribution in [0.5, 0.6) is 0 Å². The number of amides is 2. The SMILES string of the molecule is C[C@H](c1cccc(C(=O)O)c1)N1C(=O)[C@@H]2CC1CN2C[C@H](N)C(=O)N1CCC[C@H]1C#N. The summed E-state index contributed by atoms with van der Waals surface area (Å²) in [5.41, 5.74) is 7.17. The zero-order valence-electron chi connectivity index (χ0n) is 17.5. The molecule has 3 heterocycles. The first kappa shape index (κ1) is 21.3. The molecule has 164 valence electrons. The zero-order chi connectivity index (χ0) is 22.3. The van der Waals surface area contributed by atoms with Crippen molar-refractivity contribution in [2.45, 2.75) is 56.4 Å². The Balaban J connectivity index is 1.41. The third-order valence-electron chi connectivity index (χ3n) is 6.78. The quantitative estimate of drug-likeness (QED) is 0.681. The molecule has 0 spiro atoms. The number of nitriles is 1. The molecule has 1 unspecified atom stereocenters. The summed E-state index contributed by atoms with van der Waals surface area (Å²) in [6, 6.07) is 7.11. The van der Waals surface area contributed by atoms with Crippen molar-refractivity contribution in [3.8, 4) is 6.07 Å². The summed E-state index contributed by atoms with van der Waals surface area (Å²) < 4.78 is 0. The average molecular weight is 425 g/mol. The molecule has 1 aromatic rings. The Morgan fingerprint density at radius 1 is 1.39 bits per heavy atom. The number of benzene rings is 1. The van der Waals surface area contributed by atoms with Gasteiger partial charge in [-0.1, -0.05) is 12.1 Å². The molecule has 0 radical (unpaired) electrons. The van der Waals surface area contributed by atoms with Gasteiger partial charge in [-0.2, -0.15) is 5.26 Å². The van der Waals surface area contributed by atoms with Gasteiger partial charge in [0.25, 0.3) is 0 Å². The number of carboxylic acids is 1. The maximum Gasteiger partial charge on any atom is 0.335 e. The normalized spacial score (nSPS) is 27.4. The second kappa shape index (κ2) is 8.29. The number of aromatic carboxylic acids is 1. The molecule has 2 amide bonds. The third kappa shape index (κ3) is 3.77. The maximum absolute atomic E-state index is 13.1. The minimum absolute atomic E-state index is 0.00179. The van der Waals surface area contributed by atoms with Gasteiger partial charge in [0.15, 0.2) is 0 Å². The number of carbonyl (C=O) groups excluding carboxylic acids is 2. The maximum atomic E-state index is 13.1. The highest BCUT2D eigenvalue weighted by Gasteiger charge is 2.51. The van der Waals surface area contributed by atoms with Gasteiger partial charge in [-0.25, -0.2) is 4.79 Å². The third-order valence-corrected chi connectivity index (χ3v) is 6.78. The highest BCUT2D eigenvalue weighted by atomic mass is 16.4. The molecule has 2 bridgehead atoms. The smallest absolute Gasteiger partial charge is 0.335 e. The summed E-state index contributed by atoms with van der Waals surface area (Å²) in [6.07, 6.45) is 2.16. The van der Waals surface area contributed by atoms with Crippen LogP contribution in [0.3, 0.4) is 0 Å². The van der Waals surface area contributed by atoms with Crippen LogP contribution in [0.2, 0.25) is 0 Å². The van der Waals surface area contributed by atoms with Crippen LogP contribution in [-0.2, 0) is 9.59 Å². The van der Waals surface area contributed by atoms with Crippen LogP contribution in [0, 0.1) is 11.3 Å². The van der Waals surface area contributed by atoms with E-state index in [2.05, 4.69) is 6.07 Å². The highest BCUT2D eigenvalue weighted by molar-refractivity contribution is 5.88. The van der Waals surface area contributed by atoms with Crippen molar-refractivity contribution in [2.24, 2.45) is 5.73 Å². The highest BCUT2D eigenvalue weighted by Crippen LogP contribution is 2.38. The molecule has 0 aromatic heterocycles. The Morgan fingerprint density at radius 2 is 2.16 bits per heavy atom. The minimum atomic E-state index is -0.996. The Morgan fingerprint density at radius 3 is 2.84 bits per heavy atom. The molecule has 3 aliphatic rings.